The zero-order chi connectivity index (χ0) is 13.1. The molecular weight excluding hydrogens is 254 g/mol. The smallest absolute Gasteiger partial charge is 0.326 e. The molecule has 0 bridgehead atoms. The van der Waals surface area contributed by atoms with Crippen molar-refractivity contribution in [3.8, 4) is 0 Å². The second-order valence-electron chi connectivity index (χ2n) is 4.33. The Balaban J connectivity index is 1.79. The van der Waals surface area contributed by atoms with E-state index in [0.717, 1.165) is 22.7 Å². The van der Waals surface area contributed by atoms with Crippen LogP contribution >= 0.6 is 11.3 Å². The van der Waals surface area contributed by atoms with Crippen LogP contribution in [0.1, 0.15) is 22.7 Å². The van der Waals surface area contributed by atoms with Crippen LogP contribution in [0.2, 0.25) is 0 Å². The van der Waals surface area contributed by atoms with E-state index < -0.39 is 18.0 Å². The van der Waals surface area contributed by atoms with E-state index in [-0.39, 0.29) is 5.92 Å². The SMILES string of the molecule is Cc1ncc(CNC(=O)NC(C(=O)O)C2CC2)s1. The number of rotatable bonds is 5. The molecule has 0 spiro atoms. The number of aliphatic carboxylic acids is 1. The van der Waals surface area contributed by atoms with Gasteiger partial charge in [0.05, 0.1) is 11.6 Å². The second kappa shape index (κ2) is 5.34. The van der Waals surface area contributed by atoms with Crippen LogP contribution < -0.4 is 10.6 Å². The number of carboxylic acids is 1. The molecular formula is C11H15N3O3S. The summed E-state index contributed by atoms with van der Waals surface area (Å²) in [7, 11) is 0. The van der Waals surface area contributed by atoms with E-state index in [1.165, 1.54) is 11.3 Å². The number of thiazole rings is 1. The predicted octanol–water partition coefficient (Wildman–Crippen LogP) is 1.11. The van der Waals surface area contributed by atoms with Crippen molar-refractivity contribution in [2.45, 2.75) is 32.4 Å². The van der Waals surface area contributed by atoms with Gasteiger partial charge in [0.25, 0.3) is 0 Å². The summed E-state index contributed by atoms with van der Waals surface area (Å²) in [6.07, 6.45) is 3.44. The number of carbonyl (C=O) groups excluding carboxylic acids is 1. The van der Waals surface area contributed by atoms with Crippen LogP contribution in [0.5, 0.6) is 0 Å². The maximum absolute atomic E-state index is 11.6. The summed E-state index contributed by atoms with van der Waals surface area (Å²) in [6, 6.07) is -1.21. The lowest BCUT2D eigenvalue weighted by atomic mass is 10.2. The van der Waals surface area contributed by atoms with E-state index in [1.54, 1.807) is 6.20 Å². The van der Waals surface area contributed by atoms with Gasteiger partial charge in [-0.05, 0) is 25.7 Å². The van der Waals surface area contributed by atoms with Crippen molar-refractivity contribution in [2.24, 2.45) is 5.92 Å². The van der Waals surface area contributed by atoms with E-state index in [9.17, 15) is 9.59 Å². The minimum atomic E-state index is -0.971. The molecule has 2 rings (SSSR count). The van der Waals surface area contributed by atoms with E-state index >= 15 is 0 Å². The molecule has 1 aromatic heterocycles. The van der Waals surface area contributed by atoms with Gasteiger partial charge >= 0.3 is 12.0 Å². The van der Waals surface area contributed by atoms with Gasteiger partial charge in [-0.25, -0.2) is 14.6 Å². The standard InChI is InChI=1S/C11H15N3O3S/c1-6-12-4-8(18-6)5-13-11(17)14-9(10(15)16)7-2-3-7/h4,7,9H,2-3,5H2,1H3,(H,15,16)(H2,13,14,17). The number of hydrogen-bond donors (Lipinski definition) is 3. The van der Waals surface area contributed by atoms with Gasteiger partial charge in [-0.1, -0.05) is 0 Å². The molecule has 1 aromatic rings. The molecule has 0 aromatic carbocycles. The van der Waals surface area contributed by atoms with Crippen LogP contribution in [0.25, 0.3) is 0 Å². The van der Waals surface area contributed by atoms with Gasteiger partial charge in [-0.15, -0.1) is 11.3 Å². The lowest BCUT2D eigenvalue weighted by Crippen LogP contribution is -2.46. The number of carboxylic acid groups (broad SMARTS) is 1. The quantitative estimate of drug-likeness (QED) is 0.747. The minimum absolute atomic E-state index is 0.0823. The van der Waals surface area contributed by atoms with Gasteiger partial charge in [-0.3, -0.25) is 0 Å². The molecule has 0 aliphatic heterocycles. The first-order valence-electron chi connectivity index (χ1n) is 5.74. The topological polar surface area (TPSA) is 91.3 Å². The first-order valence-corrected chi connectivity index (χ1v) is 6.56. The summed E-state index contributed by atoms with van der Waals surface area (Å²) in [5.41, 5.74) is 0. The van der Waals surface area contributed by atoms with Crippen molar-refractivity contribution >= 4 is 23.3 Å². The lowest BCUT2D eigenvalue weighted by Gasteiger charge is -2.13. The lowest BCUT2D eigenvalue weighted by molar-refractivity contribution is -0.139. The maximum Gasteiger partial charge on any atom is 0.326 e. The number of nitrogens with zero attached hydrogens (tertiary/aromatic N) is 1. The Morgan fingerprint density at radius 1 is 1.61 bits per heavy atom. The number of urea groups is 1. The third kappa shape index (κ3) is 3.43. The summed E-state index contributed by atoms with van der Waals surface area (Å²) >= 11 is 1.50. The van der Waals surface area contributed by atoms with E-state index in [2.05, 4.69) is 15.6 Å². The largest absolute Gasteiger partial charge is 0.480 e. The number of amides is 2. The molecule has 98 valence electrons. The average molecular weight is 269 g/mol. The third-order valence-electron chi connectivity index (χ3n) is 2.74. The first kappa shape index (κ1) is 12.8. The molecule has 2 amide bonds. The van der Waals surface area contributed by atoms with E-state index in [1.807, 2.05) is 6.92 Å². The number of hydrogen-bond acceptors (Lipinski definition) is 4. The highest BCUT2D eigenvalue weighted by atomic mass is 32.1. The summed E-state index contributed by atoms with van der Waals surface area (Å²) in [5, 5.41) is 15.0. The molecule has 6 nitrogen and oxygen atoms in total. The molecule has 1 fully saturated rings. The summed E-state index contributed by atoms with van der Waals surface area (Å²) in [4.78, 5) is 27.5. The van der Waals surface area contributed by atoms with Crippen LogP contribution in [0.15, 0.2) is 6.20 Å². The highest BCUT2D eigenvalue weighted by Crippen LogP contribution is 2.32. The fourth-order valence-corrected chi connectivity index (χ4v) is 2.39. The molecule has 1 aliphatic rings. The number of nitrogens with one attached hydrogen (secondary N) is 2. The molecule has 18 heavy (non-hydrogen) atoms. The fourth-order valence-electron chi connectivity index (χ4n) is 1.66. The predicted molar refractivity (Wildman–Crippen MR) is 66.4 cm³/mol. The van der Waals surface area contributed by atoms with Gasteiger partial charge in [0, 0.05) is 11.1 Å². The van der Waals surface area contributed by atoms with Gasteiger partial charge in [0.1, 0.15) is 6.04 Å². The van der Waals surface area contributed by atoms with Crippen LogP contribution in [0, 0.1) is 12.8 Å². The number of carbonyl (C=O) groups is 2. The number of aromatic nitrogens is 1. The van der Waals surface area contributed by atoms with Gasteiger partial charge < -0.3 is 15.7 Å². The Labute approximate surface area is 108 Å². The molecule has 1 atom stereocenters. The highest BCUT2D eigenvalue weighted by molar-refractivity contribution is 7.11. The van der Waals surface area contributed by atoms with Crippen LogP contribution in [-0.2, 0) is 11.3 Å². The Bertz CT molecular complexity index is 456. The average Bonchev–Trinajstić information content (AvgIpc) is 3.06. The van der Waals surface area contributed by atoms with E-state index in [0.29, 0.717) is 6.54 Å². The third-order valence-corrected chi connectivity index (χ3v) is 3.65. The zero-order valence-electron chi connectivity index (χ0n) is 9.97. The Kier molecular flexibility index (Phi) is 3.81. The fraction of sp³-hybridized carbons (Fsp3) is 0.545. The Morgan fingerprint density at radius 2 is 2.33 bits per heavy atom. The monoisotopic (exact) mass is 269 g/mol. The molecule has 0 radical (unpaired) electrons. The minimum Gasteiger partial charge on any atom is -0.480 e. The van der Waals surface area contributed by atoms with Crippen LogP contribution in [0.4, 0.5) is 4.79 Å². The van der Waals surface area contributed by atoms with Crippen molar-refractivity contribution in [1.82, 2.24) is 15.6 Å². The van der Waals surface area contributed by atoms with E-state index in [4.69, 9.17) is 5.11 Å². The van der Waals surface area contributed by atoms with Gasteiger partial charge in [0.15, 0.2) is 0 Å². The zero-order valence-corrected chi connectivity index (χ0v) is 10.8. The maximum atomic E-state index is 11.6. The van der Waals surface area contributed by atoms with Crippen molar-refractivity contribution < 1.29 is 14.7 Å². The molecule has 7 heteroatoms. The highest BCUT2D eigenvalue weighted by Gasteiger charge is 2.37. The number of aryl methyl sites for hydroxylation is 1. The summed E-state index contributed by atoms with van der Waals surface area (Å²) in [5.74, 6) is -0.889. The second-order valence-corrected chi connectivity index (χ2v) is 5.65. The summed E-state index contributed by atoms with van der Waals surface area (Å²) < 4.78 is 0. The van der Waals surface area contributed by atoms with Crippen LogP contribution in [0.3, 0.4) is 0 Å². The van der Waals surface area contributed by atoms with Crippen molar-refractivity contribution in [1.29, 1.82) is 0 Å². The molecule has 1 saturated carbocycles. The van der Waals surface area contributed by atoms with Crippen molar-refractivity contribution in [3.05, 3.63) is 16.1 Å². The molecule has 3 N–H and O–H groups in total. The Morgan fingerprint density at radius 3 is 2.83 bits per heavy atom. The van der Waals surface area contributed by atoms with Crippen molar-refractivity contribution in [2.75, 3.05) is 0 Å². The summed E-state index contributed by atoms with van der Waals surface area (Å²) in [6.45, 7) is 2.26. The van der Waals surface area contributed by atoms with Crippen molar-refractivity contribution in [3.63, 3.8) is 0 Å². The molecule has 1 unspecified atom stereocenters. The Hall–Kier alpha value is -1.63. The molecule has 1 aliphatic carbocycles. The first-order chi connectivity index (χ1) is 8.56. The normalized spacial score (nSPS) is 16.1. The van der Waals surface area contributed by atoms with Gasteiger partial charge in [0.2, 0.25) is 0 Å². The van der Waals surface area contributed by atoms with Gasteiger partial charge in [-0.2, -0.15) is 0 Å². The molecule has 1 heterocycles. The van der Waals surface area contributed by atoms with Crippen LogP contribution in [-0.4, -0.2) is 28.1 Å². The molecule has 0 saturated heterocycles.